The van der Waals surface area contributed by atoms with Gasteiger partial charge in [0.1, 0.15) is 0 Å². The lowest BCUT2D eigenvalue weighted by Crippen LogP contribution is -2.46. The lowest BCUT2D eigenvalue weighted by atomic mass is 9.90. The zero-order chi connectivity index (χ0) is 11.8. The Balaban J connectivity index is 2.34. The van der Waals surface area contributed by atoms with Crippen LogP contribution < -0.4 is 5.32 Å². The van der Waals surface area contributed by atoms with E-state index in [1.807, 2.05) is 6.08 Å². The lowest BCUT2D eigenvalue weighted by Gasteiger charge is -2.33. The summed E-state index contributed by atoms with van der Waals surface area (Å²) in [5.74, 6) is 0.943. The summed E-state index contributed by atoms with van der Waals surface area (Å²) < 4.78 is 0. The molecule has 2 atom stereocenters. The van der Waals surface area contributed by atoms with E-state index in [0.717, 1.165) is 12.5 Å². The van der Waals surface area contributed by atoms with Gasteiger partial charge in [-0.15, -0.1) is 6.58 Å². The Hall–Kier alpha value is -0.340. The van der Waals surface area contributed by atoms with E-state index in [1.54, 1.807) is 0 Å². The van der Waals surface area contributed by atoms with Crippen molar-refractivity contribution in [3.63, 3.8) is 0 Å². The van der Waals surface area contributed by atoms with E-state index in [2.05, 4.69) is 30.6 Å². The Morgan fingerprint density at radius 1 is 1.44 bits per heavy atom. The van der Waals surface area contributed by atoms with Crippen LogP contribution in [0, 0.1) is 5.92 Å². The van der Waals surface area contributed by atoms with E-state index >= 15 is 0 Å². The predicted octanol–water partition coefficient (Wildman–Crippen LogP) is 2.66. The highest BCUT2D eigenvalue weighted by Crippen LogP contribution is 2.19. The molecule has 16 heavy (non-hydrogen) atoms. The van der Waals surface area contributed by atoms with Gasteiger partial charge < -0.3 is 5.32 Å². The Morgan fingerprint density at radius 2 is 2.25 bits per heavy atom. The molecule has 0 aromatic heterocycles. The second-order valence-corrected chi connectivity index (χ2v) is 5.00. The molecule has 1 saturated heterocycles. The zero-order valence-corrected chi connectivity index (χ0v) is 11.0. The van der Waals surface area contributed by atoms with Crippen molar-refractivity contribution in [2.45, 2.75) is 45.6 Å². The van der Waals surface area contributed by atoms with Crippen molar-refractivity contribution in [3.05, 3.63) is 12.7 Å². The van der Waals surface area contributed by atoms with Crippen LogP contribution in [0.4, 0.5) is 0 Å². The molecule has 1 fully saturated rings. The standard InChI is InChI=1S/C14H28N2/c1-4-9-16(10-5-2)12-14-11-13(6-3)7-8-15-14/h4,13-15H,1,5-12H2,2-3H3. The second kappa shape index (κ2) is 7.86. The predicted molar refractivity (Wildman–Crippen MR) is 71.7 cm³/mol. The molecular weight excluding hydrogens is 196 g/mol. The van der Waals surface area contributed by atoms with Gasteiger partial charge in [-0.3, -0.25) is 4.90 Å². The maximum Gasteiger partial charge on any atom is 0.0197 e. The Labute approximate surface area is 101 Å². The molecule has 1 N–H and O–H groups in total. The normalized spacial score (nSPS) is 25.9. The molecular formula is C14H28N2. The van der Waals surface area contributed by atoms with Gasteiger partial charge >= 0.3 is 0 Å². The van der Waals surface area contributed by atoms with Crippen molar-refractivity contribution >= 4 is 0 Å². The van der Waals surface area contributed by atoms with Crippen molar-refractivity contribution in [2.24, 2.45) is 5.92 Å². The highest BCUT2D eigenvalue weighted by Gasteiger charge is 2.21. The van der Waals surface area contributed by atoms with Crippen molar-refractivity contribution in [1.29, 1.82) is 0 Å². The number of nitrogens with one attached hydrogen (secondary N) is 1. The van der Waals surface area contributed by atoms with E-state index < -0.39 is 0 Å². The van der Waals surface area contributed by atoms with Crippen LogP contribution in [-0.2, 0) is 0 Å². The minimum absolute atomic E-state index is 0.699. The molecule has 2 unspecified atom stereocenters. The third kappa shape index (κ3) is 4.67. The summed E-state index contributed by atoms with van der Waals surface area (Å²) >= 11 is 0. The fourth-order valence-electron chi connectivity index (χ4n) is 2.67. The van der Waals surface area contributed by atoms with Crippen molar-refractivity contribution in [2.75, 3.05) is 26.2 Å². The molecule has 0 bridgehead atoms. The minimum atomic E-state index is 0.699. The number of hydrogen-bond donors (Lipinski definition) is 1. The van der Waals surface area contributed by atoms with Crippen LogP contribution in [0.2, 0.25) is 0 Å². The Morgan fingerprint density at radius 3 is 2.88 bits per heavy atom. The molecule has 1 heterocycles. The maximum atomic E-state index is 3.84. The summed E-state index contributed by atoms with van der Waals surface area (Å²) in [5.41, 5.74) is 0. The Bertz CT molecular complexity index is 191. The molecule has 0 aromatic carbocycles. The fourth-order valence-corrected chi connectivity index (χ4v) is 2.67. The van der Waals surface area contributed by atoms with Gasteiger partial charge in [-0.25, -0.2) is 0 Å². The molecule has 2 heteroatoms. The largest absolute Gasteiger partial charge is 0.313 e. The summed E-state index contributed by atoms with van der Waals surface area (Å²) in [5, 5.41) is 3.65. The molecule has 2 nitrogen and oxygen atoms in total. The SMILES string of the molecule is C=CCN(CCC)CC1CC(CC)CCN1. The third-order valence-electron chi connectivity index (χ3n) is 3.59. The average Bonchev–Trinajstić information content (AvgIpc) is 2.30. The summed E-state index contributed by atoms with van der Waals surface area (Å²) in [6.45, 7) is 13.0. The molecule has 0 radical (unpaired) electrons. The van der Waals surface area contributed by atoms with Crippen molar-refractivity contribution in [1.82, 2.24) is 10.2 Å². The average molecular weight is 224 g/mol. The summed E-state index contributed by atoms with van der Waals surface area (Å²) in [7, 11) is 0. The van der Waals surface area contributed by atoms with Gasteiger partial charge in [0.25, 0.3) is 0 Å². The number of hydrogen-bond acceptors (Lipinski definition) is 2. The molecule has 1 aliphatic rings. The first kappa shape index (κ1) is 13.7. The first-order valence-electron chi connectivity index (χ1n) is 6.86. The van der Waals surface area contributed by atoms with Gasteiger partial charge in [0.05, 0.1) is 0 Å². The van der Waals surface area contributed by atoms with Crippen LogP contribution in [0.25, 0.3) is 0 Å². The third-order valence-corrected chi connectivity index (χ3v) is 3.59. The monoisotopic (exact) mass is 224 g/mol. The molecule has 1 rings (SSSR count). The zero-order valence-electron chi connectivity index (χ0n) is 11.0. The van der Waals surface area contributed by atoms with E-state index in [1.165, 1.54) is 45.3 Å². The first-order chi connectivity index (χ1) is 7.80. The van der Waals surface area contributed by atoms with Gasteiger partial charge in [0.2, 0.25) is 0 Å². The Kier molecular flexibility index (Phi) is 6.74. The molecule has 0 spiro atoms. The molecule has 0 aromatic rings. The lowest BCUT2D eigenvalue weighted by molar-refractivity contribution is 0.212. The van der Waals surface area contributed by atoms with Crippen LogP contribution in [0.5, 0.6) is 0 Å². The van der Waals surface area contributed by atoms with Gasteiger partial charge in [-0.2, -0.15) is 0 Å². The minimum Gasteiger partial charge on any atom is -0.313 e. The van der Waals surface area contributed by atoms with Gasteiger partial charge in [-0.1, -0.05) is 26.3 Å². The molecule has 0 aliphatic carbocycles. The topological polar surface area (TPSA) is 15.3 Å². The van der Waals surface area contributed by atoms with E-state index in [0.29, 0.717) is 6.04 Å². The van der Waals surface area contributed by atoms with E-state index in [-0.39, 0.29) is 0 Å². The summed E-state index contributed by atoms with van der Waals surface area (Å²) in [6, 6.07) is 0.699. The van der Waals surface area contributed by atoms with E-state index in [4.69, 9.17) is 0 Å². The molecule has 0 saturated carbocycles. The highest BCUT2D eigenvalue weighted by molar-refractivity contribution is 4.82. The molecule has 94 valence electrons. The van der Waals surface area contributed by atoms with Gasteiger partial charge in [-0.05, 0) is 38.3 Å². The second-order valence-electron chi connectivity index (χ2n) is 5.00. The van der Waals surface area contributed by atoms with Crippen LogP contribution in [0.3, 0.4) is 0 Å². The smallest absolute Gasteiger partial charge is 0.0197 e. The number of nitrogens with zero attached hydrogens (tertiary/aromatic N) is 1. The number of piperidine rings is 1. The number of rotatable bonds is 7. The quantitative estimate of drug-likeness (QED) is 0.669. The molecule has 1 aliphatic heterocycles. The highest BCUT2D eigenvalue weighted by atomic mass is 15.1. The first-order valence-corrected chi connectivity index (χ1v) is 6.86. The van der Waals surface area contributed by atoms with Crippen molar-refractivity contribution in [3.8, 4) is 0 Å². The van der Waals surface area contributed by atoms with Gasteiger partial charge in [0, 0.05) is 19.1 Å². The van der Waals surface area contributed by atoms with Crippen LogP contribution in [0.15, 0.2) is 12.7 Å². The summed E-state index contributed by atoms with van der Waals surface area (Å²) in [4.78, 5) is 2.52. The fraction of sp³-hybridized carbons (Fsp3) is 0.857. The van der Waals surface area contributed by atoms with Crippen LogP contribution >= 0.6 is 0 Å². The molecule has 0 amide bonds. The van der Waals surface area contributed by atoms with Crippen LogP contribution in [0.1, 0.15) is 39.5 Å². The van der Waals surface area contributed by atoms with E-state index in [9.17, 15) is 0 Å². The summed E-state index contributed by atoms with van der Waals surface area (Å²) in [6.07, 6.45) is 7.32. The maximum absolute atomic E-state index is 3.84. The van der Waals surface area contributed by atoms with Crippen molar-refractivity contribution < 1.29 is 0 Å². The van der Waals surface area contributed by atoms with Gasteiger partial charge in [0.15, 0.2) is 0 Å². The van der Waals surface area contributed by atoms with Crippen LogP contribution in [-0.4, -0.2) is 37.1 Å².